The van der Waals surface area contributed by atoms with Crippen molar-refractivity contribution >= 4 is 17.3 Å². The normalized spacial score (nSPS) is 10.2. The third kappa shape index (κ3) is 3.01. The lowest BCUT2D eigenvalue weighted by atomic mass is 10.5. The van der Waals surface area contributed by atoms with Crippen LogP contribution in [0.2, 0.25) is 5.15 Å². The number of hydrogen-bond acceptors (Lipinski definition) is 6. The summed E-state index contributed by atoms with van der Waals surface area (Å²) in [4.78, 5) is 17.5. The van der Waals surface area contributed by atoms with E-state index in [0.29, 0.717) is 12.4 Å². The summed E-state index contributed by atoms with van der Waals surface area (Å²) >= 11 is 5.64. The van der Waals surface area contributed by atoms with Crippen LogP contribution in [0.25, 0.3) is 0 Å². The predicted molar refractivity (Wildman–Crippen MR) is 55.8 cm³/mol. The van der Waals surface area contributed by atoms with Crippen molar-refractivity contribution in [1.82, 2.24) is 9.97 Å². The molecule has 0 N–H and O–H groups in total. The first-order chi connectivity index (χ1) is 7.56. The van der Waals surface area contributed by atoms with Gasteiger partial charge >= 0.3 is 5.69 Å². The van der Waals surface area contributed by atoms with Crippen molar-refractivity contribution in [1.29, 1.82) is 0 Å². The molecule has 16 heavy (non-hydrogen) atoms. The van der Waals surface area contributed by atoms with E-state index in [1.807, 2.05) is 0 Å². The predicted octanol–water partition coefficient (Wildman–Crippen LogP) is 1.37. The maximum absolute atomic E-state index is 10.7. The van der Waals surface area contributed by atoms with Gasteiger partial charge in [-0.2, -0.15) is 4.98 Å². The second kappa shape index (κ2) is 5.57. The van der Waals surface area contributed by atoms with Crippen LogP contribution in [0, 0.1) is 17.0 Å². The van der Waals surface area contributed by atoms with Crippen LogP contribution in [0.15, 0.2) is 0 Å². The fraction of sp³-hybridized carbons (Fsp3) is 0.500. The summed E-state index contributed by atoms with van der Waals surface area (Å²) in [6, 6.07) is 0. The second-order valence-electron chi connectivity index (χ2n) is 2.81. The zero-order valence-electron chi connectivity index (χ0n) is 8.77. The minimum atomic E-state index is -0.677. The summed E-state index contributed by atoms with van der Waals surface area (Å²) in [5, 5.41) is 10.5. The highest BCUT2D eigenvalue weighted by Crippen LogP contribution is 2.31. The molecule has 0 amide bonds. The van der Waals surface area contributed by atoms with Crippen molar-refractivity contribution in [3.05, 3.63) is 21.1 Å². The van der Waals surface area contributed by atoms with Gasteiger partial charge in [0, 0.05) is 7.11 Å². The quantitative estimate of drug-likeness (QED) is 0.338. The standard InChI is InChI=1S/C8H10ClN3O4/c1-5-10-7(9)6(12(13)14)8(11-5)16-4-3-15-2/h3-4H2,1-2H3. The van der Waals surface area contributed by atoms with Gasteiger partial charge in [-0.1, -0.05) is 11.6 Å². The number of nitro groups is 1. The molecule has 0 aromatic carbocycles. The number of ether oxygens (including phenoxy) is 2. The number of aromatic nitrogens is 2. The van der Waals surface area contributed by atoms with E-state index in [1.54, 1.807) is 6.92 Å². The maximum Gasteiger partial charge on any atom is 0.367 e. The monoisotopic (exact) mass is 247 g/mol. The Labute approximate surface area is 96.5 Å². The summed E-state index contributed by atoms with van der Waals surface area (Å²) < 4.78 is 9.85. The third-order valence-corrected chi connectivity index (χ3v) is 1.89. The number of rotatable bonds is 5. The molecule has 7 nitrogen and oxygen atoms in total. The zero-order chi connectivity index (χ0) is 12.1. The molecule has 0 bridgehead atoms. The highest BCUT2D eigenvalue weighted by atomic mass is 35.5. The maximum atomic E-state index is 10.7. The van der Waals surface area contributed by atoms with Gasteiger partial charge in [0.1, 0.15) is 12.4 Å². The topological polar surface area (TPSA) is 87.4 Å². The fourth-order valence-electron chi connectivity index (χ4n) is 0.984. The van der Waals surface area contributed by atoms with Crippen molar-refractivity contribution in [2.45, 2.75) is 6.92 Å². The highest BCUT2D eigenvalue weighted by Gasteiger charge is 2.24. The molecule has 0 spiro atoms. The summed E-state index contributed by atoms with van der Waals surface area (Å²) in [6.45, 7) is 2.03. The Kier molecular flexibility index (Phi) is 4.39. The SMILES string of the molecule is COCCOc1nc(C)nc(Cl)c1[N+](=O)[O-]. The van der Waals surface area contributed by atoms with E-state index in [4.69, 9.17) is 21.1 Å². The second-order valence-corrected chi connectivity index (χ2v) is 3.17. The lowest BCUT2D eigenvalue weighted by molar-refractivity contribution is -0.386. The van der Waals surface area contributed by atoms with E-state index in [1.165, 1.54) is 7.11 Å². The molecule has 88 valence electrons. The van der Waals surface area contributed by atoms with E-state index in [2.05, 4.69) is 9.97 Å². The van der Waals surface area contributed by atoms with E-state index < -0.39 is 10.6 Å². The van der Waals surface area contributed by atoms with Gasteiger partial charge in [-0.3, -0.25) is 10.1 Å². The van der Waals surface area contributed by atoms with Crippen LogP contribution in [0.5, 0.6) is 5.88 Å². The lowest BCUT2D eigenvalue weighted by Crippen LogP contribution is -2.09. The van der Waals surface area contributed by atoms with E-state index in [9.17, 15) is 10.1 Å². The van der Waals surface area contributed by atoms with Gasteiger partial charge in [0.15, 0.2) is 0 Å². The Morgan fingerprint density at radius 3 is 2.69 bits per heavy atom. The highest BCUT2D eigenvalue weighted by molar-refractivity contribution is 6.31. The smallest absolute Gasteiger partial charge is 0.367 e. The molecule has 8 heteroatoms. The Hall–Kier alpha value is -1.47. The molecule has 0 atom stereocenters. The molecule has 0 aliphatic carbocycles. The first-order valence-corrected chi connectivity index (χ1v) is 4.74. The van der Waals surface area contributed by atoms with Crippen LogP contribution in [0.3, 0.4) is 0 Å². The Morgan fingerprint density at radius 1 is 1.44 bits per heavy atom. The van der Waals surface area contributed by atoms with Gasteiger partial charge in [0.05, 0.1) is 11.5 Å². The van der Waals surface area contributed by atoms with Gasteiger partial charge in [0.2, 0.25) is 5.15 Å². The van der Waals surface area contributed by atoms with E-state index in [-0.39, 0.29) is 17.6 Å². The van der Waals surface area contributed by atoms with Crippen LogP contribution in [-0.4, -0.2) is 35.2 Å². The molecule has 1 aromatic heterocycles. The Bertz CT molecular complexity index is 399. The largest absolute Gasteiger partial charge is 0.470 e. The molecular weight excluding hydrogens is 238 g/mol. The molecule has 0 saturated heterocycles. The molecule has 0 fully saturated rings. The summed E-state index contributed by atoms with van der Waals surface area (Å²) in [5.41, 5.74) is -0.427. The van der Waals surface area contributed by atoms with Crippen LogP contribution in [0.4, 0.5) is 5.69 Å². The average molecular weight is 248 g/mol. The average Bonchev–Trinajstić information content (AvgIpc) is 2.16. The van der Waals surface area contributed by atoms with Crippen molar-refractivity contribution in [2.75, 3.05) is 20.3 Å². The summed E-state index contributed by atoms with van der Waals surface area (Å²) in [7, 11) is 1.50. The Balaban J connectivity index is 2.99. The summed E-state index contributed by atoms with van der Waals surface area (Å²) in [6.07, 6.45) is 0. The third-order valence-electron chi connectivity index (χ3n) is 1.63. The fourth-order valence-corrected chi connectivity index (χ4v) is 1.26. The number of halogens is 1. The molecular formula is C8H10ClN3O4. The summed E-state index contributed by atoms with van der Waals surface area (Å²) in [5.74, 6) is 0.169. The van der Waals surface area contributed by atoms with Crippen LogP contribution in [-0.2, 0) is 4.74 Å². The number of nitrogens with zero attached hydrogens (tertiary/aromatic N) is 3. The number of hydrogen-bond donors (Lipinski definition) is 0. The van der Waals surface area contributed by atoms with Crippen LogP contribution in [0.1, 0.15) is 5.82 Å². The first kappa shape index (κ1) is 12.6. The van der Waals surface area contributed by atoms with Gasteiger partial charge < -0.3 is 9.47 Å². The van der Waals surface area contributed by atoms with Crippen LogP contribution < -0.4 is 4.74 Å². The van der Waals surface area contributed by atoms with Crippen LogP contribution >= 0.6 is 11.6 Å². The van der Waals surface area contributed by atoms with Crippen molar-refractivity contribution in [3.8, 4) is 5.88 Å². The van der Waals surface area contributed by atoms with Crippen molar-refractivity contribution in [2.24, 2.45) is 0 Å². The molecule has 1 rings (SSSR count). The molecule has 0 unspecified atom stereocenters. The molecule has 0 saturated carbocycles. The van der Waals surface area contributed by atoms with Gasteiger partial charge in [-0.05, 0) is 6.92 Å². The number of aryl methyl sites for hydroxylation is 1. The minimum Gasteiger partial charge on any atom is -0.470 e. The number of methoxy groups -OCH3 is 1. The molecule has 0 aliphatic rings. The lowest BCUT2D eigenvalue weighted by Gasteiger charge is -2.06. The zero-order valence-corrected chi connectivity index (χ0v) is 9.52. The molecule has 1 aromatic rings. The molecule has 0 aliphatic heterocycles. The minimum absolute atomic E-state index is 0.139. The molecule has 1 heterocycles. The van der Waals surface area contributed by atoms with Gasteiger partial charge in [-0.15, -0.1) is 0 Å². The van der Waals surface area contributed by atoms with Gasteiger partial charge in [-0.25, -0.2) is 4.98 Å². The van der Waals surface area contributed by atoms with Crippen molar-refractivity contribution < 1.29 is 14.4 Å². The first-order valence-electron chi connectivity index (χ1n) is 4.36. The molecule has 0 radical (unpaired) electrons. The van der Waals surface area contributed by atoms with E-state index in [0.717, 1.165) is 0 Å². The Morgan fingerprint density at radius 2 is 2.12 bits per heavy atom. The van der Waals surface area contributed by atoms with Gasteiger partial charge in [0.25, 0.3) is 5.88 Å². The van der Waals surface area contributed by atoms with Crippen molar-refractivity contribution in [3.63, 3.8) is 0 Å². The van der Waals surface area contributed by atoms with E-state index >= 15 is 0 Å².